The van der Waals surface area contributed by atoms with Crippen molar-refractivity contribution in [3.63, 3.8) is 0 Å². The molecule has 1 aromatic heterocycles. The lowest BCUT2D eigenvalue weighted by atomic mass is 10.1. The maximum Gasteiger partial charge on any atom is 0.244 e. The van der Waals surface area contributed by atoms with Crippen LogP contribution in [0.3, 0.4) is 0 Å². The summed E-state index contributed by atoms with van der Waals surface area (Å²) in [6.45, 7) is 0.298. The first-order valence-electron chi connectivity index (χ1n) is 7.36. The van der Waals surface area contributed by atoms with Gasteiger partial charge >= 0.3 is 0 Å². The first-order chi connectivity index (χ1) is 11.6. The zero-order valence-corrected chi connectivity index (χ0v) is 13.4. The van der Waals surface area contributed by atoms with E-state index in [0.717, 1.165) is 21.3 Å². The summed E-state index contributed by atoms with van der Waals surface area (Å²) < 4.78 is 27.2. The molecular weight excluding hydrogens is 330 g/mol. The lowest BCUT2D eigenvalue weighted by molar-refractivity contribution is -0.116. The van der Waals surface area contributed by atoms with Crippen LogP contribution in [0.15, 0.2) is 48.5 Å². The van der Waals surface area contributed by atoms with Gasteiger partial charge in [-0.2, -0.15) is 0 Å². The van der Waals surface area contributed by atoms with Gasteiger partial charge in [0.1, 0.15) is 16.6 Å². The Bertz CT molecular complexity index is 852. The minimum atomic E-state index is -0.618. The van der Waals surface area contributed by atoms with E-state index in [1.54, 1.807) is 6.08 Å². The van der Waals surface area contributed by atoms with Gasteiger partial charge in [-0.1, -0.05) is 12.1 Å². The van der Waals surface area contributed by atoms with E-state index in [-0.39, 0.29) is 5.91 Å². The van der Waals surface area contributed by atoms with E-state index < -0.39 is 11.6 Å². The lowest BCUT2D eigenvalue weighted by Gasteiger charge is -2.03. The molecule has 2 aromatic carbocycles. The second-order valence-corrected chi connectivity index (χ2v) is 6.23. The quantitative estimate of drug-likeness (QED) is 0.712. The molecule has 122 valence electrons. The van der Waals surface area contributed by atoms with Gasteiger partial charge in [0.05, 0.1) is 10.2 Å². The average molecular weight is 344 g/mol. The van der Waals surface area contributed by atoms with Crippen LogP contribution in [0, 0.1) is 11.6 Å². The molecule has 0 saturated carbocycles. The van der Waals surface area contributed by atoms with Crippen LogP contribution in [0.4, 0.5) is 8.78 Å². The number of aromatic nitrogens is 1. The number of fused-ring (bicyclic) bond motifs is 1. The summed E-state index contributed by atoms with van der Waals surface area (Å²) >= 11 is 1.50. The van der Waals surface area contributed by atoms with Crippen molar-refractivity contribution in [1.82, 2.24) is 10.3 Å². The number of carbonyl (C=O) groups is 1. The molecule has 3 nitrogen and oxygen atoms in total. The summed E-state index contributed by atoms with van der Waals surface area (Å²) in [5.74, 6) is -1.51. The number of halogens is 2. The Labute approximate surface area is 141 Å². The second-order valence-electron chi connectivity index (χ2n) is 5.17. The van der Waals surface area contributed by atoms with Gasteiger partial charge in [0.25, 0.3) is 0 Å². The summed E-state index contributed by atoms with van der Waals surface area (Å²) in [6.07, 6.45) is 3.42. The van der Waals surface area contributed by atoms with Crippen LogP contribution in [0.2, 0.25) is 0 Å². The number of thiazole rings is 1. The van der Waals surface area contributed by atoms with Crippen LogP contribution in [0.25, 0.3) is 16.3 Å². The lowest BCUT2D eigenvalue weighted by Crippen LogP contribution is -2.23. The molecule has 0 aliphatic carbocycles. The highest BCUT2D eigenvalue weighted by atomic mass is 32.1. The molecule has 0 unspecified atom stereocenters. The molecule has 0 aliphatic heterocycles. The number of para-hydroxylation sites is 1. The largest absolute Gasteiger partial charge is 0.352 e. The third-order valence-electron chi connectivity index (χ3n) is 3.32. The highest BCUT2D eigenvalue weighted by molar-refractivity contribution is 7.19. The van der Waals surface area contributed by atoms with Gasteiger partial charge in [0.2, 0.25) is 5.91 Å². The van der Waals surface area contributed by atoms with Crippen LogP contribution in [0.1, 0.15) is 10.6 Å². The first kappa shape index (κ1) is 16.3. The Balaban J connectivity index is 1.53. The number of nitrogens with zero attached hydrogens (tertiary/aromatic N) is 1. The molecule has 24 heavy (non-hydrogen) atoms. The monoisotopic (exact) mass is 344 g/mol. The van der Waals surface area contributed by atoms with Crippen molar-refractivity contribution in [2.45, 2.75) is 6.42 Å². The van der Waals surface area contributed by atoms with E-state index >= 15 is 0 Å². The standard InChI is InChI=1S/C18H14F2N2OS/c19-13-9-12(10-14(20)11-13)7-8-21-17(23)5-6-18-22-15-3-1-2-4-16(15)24-18/h1-6,9-11H,7-8H2,(H,21,23)/b6-5+. The van der Waals surface area contributed by atoms with Crippen LogP contribution in [-0.2, 0) is 11.2 Å². The second kappa shape index (κ2) is 7.31. The Hall–Kier alpha value is -2.60. The molecule has 1 N–H and O–H groups in total. The Morgan fingerprint density at radius 2 is 1.92 bits per heavy atom. The number of rotatable bonds is 5. The summed E-state index contributed by atoms with van der Waals surface area (Å²) in [5.41, 5.74) is 1.40. The van der Waals surface area contributed by atoms with Gasteiger partial charge in [-0.15, -0.1) is 11.3 Å². The van der Waals surface area contributed by atoms with Crippen molar-refractivity contribution < 1.29 is 13.6 Å². The molecule has 0 aliphatic rings. The molecule has 3 rings (SSSR count). The average Bonchev–Trinajstić information content (AvgIpc) is 2.95. The molecule has 0 saturated heterocycles. The van der Waals surface area contributed by atoms with Gasteiger partial charge in [-0.3, -0.25) is 4.79 Å². The Kier molecular flexibility index (Phi) is 4.96. The van der Waals surface area contributed by atoms with E-state index in [1.807, 2.05) is 24.3 Å². The van der Waals surface area contributed by atoms with Gasteiger partial charge < -0.3 is 5.32 Å². The predicted octanol–water partition coefficient (Wildman–Crippen LogP) is 3.95. The fourth-order valence-electron chi connectivity index (χ4n) is 2.25. The molecule has 1 amide bonds. The normalized spacial score (nSPS) is 11.2. The van der Waals surface area contributed by atoms with Gasteiger partial charge in [0.15, 0.2) is 0 Å². The highest BCUT2D eigenvalue weighted by Gasteiger charge is 2.03. The molecule has 1 heterocycles. The minimum Gasteiger partial charge on any atom is -0.352 e. The zero-order chi connectivity index (χ0) is 16.9. The number of amides is 1. The van der Waals surface area contributed by atoms with E-state index in [0.29, 0.717) is 18.5 Å². The van der Waals surface area contributed by atoms with Crippen LogP contribution in [0.5, 0.6) is 0 Å². The Morgan fingerprint density at radius 1 is 1.17 bits per heavy atom. The van der Waals surface area contributed by atoms with Gasteiger partial charge in [-0.25, -0.2) is 13.8 Å². The van der Waals surface area contributed by atoms with Crippen molar-refractivity contribution in [3.8, 4) is 0 Å². The van der Waals surface area contributed by atoms with E-state index in [4.69, 9.17) is 0 Å². The van der Waals surface area contributed by atoms with Crippen LogP contribution in [-0.4, -0.2) is 17.4 Å². The third kappa shape index (κ3) is 4.23. The van der Waals surface area contributed by atoms with E-state index in [9.17, 15) is 13.6 Å². The summed E-state index contributed by atoms with van der Waals surface area (Å²) in [7, 11) is 0. The van der Waals surface area contributed by atoms with Crippen molar-refractivity contribution in [2.75, 3.05) is 6.54 Å². The third-order valence-corrected chi connectivity index (χ3v) is 4.32. The summed E-state index contributed by atoms with van der Waals surface area (Å²) in [4.78, 5) is 16.2. The molecule has 0 atom stereocenters. The van der Waals surface area contributed by atoms with Gasteiger partial charge in [0, 0.05) is 18.7 Å². The number of hydrogen-bond donors (Lipinski definition) is 1. The number of nitrogens with one attached hydrogen (secondary N) is 1. The molecule has 0 fully saturated rings. The first-order valence-corrected chi connectivity index (χ1v) is 8.18. The van der Waals surface area contributed by atoms with Crippen molar-refractivity contribution in [1.29, 1.82) is 0 Å². The summed E-state index contributed by atoms with van der Waals surface area (Å²) in [6, 6.07) is 11.1. The number of hydrogen-bond acceptors (Lipinski definition) is 3. The molecule has 3 aromatic rings. The summed E-state index contributed by atoms with van der Waals surface area (Å²) in [5, 5.41) is 3.43. The maximum absolute atomic E-state index is 13.1. The highest BCUT2D eigenvalue weighted by Crippen LogP contribution is 2.22. The SMILES string of the molecule is O=C(/C=C/c1nc2ccccc2s1)NCCc1cc(F)cc(F)c1. The maximum atomic E-state index is 13.1. The predicted molar refractivity (Wildman–Crippen MR) is 91.7 cm³/mol. The molecule has 6 heteroatoms. The van der Waals surface area contributed by atoms with Crippen LogP contribution >= 0.6 is 11.3 Å². The number of benzene rings is 2. The number of carbonyl (C=O) groups excluding carboxylic acids is 1. The molecule has 0 spiro atoms. The van der Waals surface area contributed by atoms with Gasteiger partial charge in [-0.05, 0) is 42.3 Å². The fraction of sp³-hybridized carbons (Fsp3) is 0.111. The minimum absolute atomic E-state index is 0.272. The molecular formula is C18H14F2N2OS. The fourth-order valence-corrected chi connectivity index (χ4v) is 3.12. The molecule has 0 bridgehead atoms. The van der Waals surface area contributed by atoms with Crippen molar-refractivity contribution >= 4 is 33.5 Å². The van der Waals surface area contributed by atoms with Crippen LogP contribution < -0.4 is 5.32 Å². The van der Waals surface area contributed by atoms with E-state index in [1.165, 1.54) is 29.5 Å². The zero-order valence-electron chi connectivity index (χ0n) is 12.6. The topological polar surface area (TPSA) is 42.0 Å². The smallest absolute Gasteiger partial charge is 0.244 e. The van der Waals surface area contributed by atoms with E-state index in [2.05, 4.69) is 10.3 Å². The Morgan fingerprint density at radius 3 is 2.67 bits per heavy atom. The van der Waals surface area contributed by atoms with Crippen molar-refractivity contribution in [2.24, 2.45) is 0 Å². The molecule has 0 radical (unpaired) electrons. The van der Waals surface area contributed by atoms with Crippen molar-refractivity contribution in [3.05, 3.63) is 70.7 Å².